The Hall–Kier alpha value is -3.81. The number of nitrogens with zero attached hydrogens (tertiary/aromatic N) is 2. The molecule has 6 nitrogen and oxygen atoms in total. The van der Waals surface area contributed by atoms with Crippen molar-refractivity contribution in [2.45, 2.75) is 31.8 Å². The van der Waals surface area contributed by atoms with E-state index in [1.165, 1.54) is 29.7 Å². The first-order chi connectivity index (χ1) is 18.1. The van der Waals surface area contributed by atoms with Gasteiger partial charge in [-0.15, -0.1) is 11.3 Å². The number of hydrogen-bond donors (Lipinski definition) is 3. The molecule has 1 aliphatic heterocycles. The number of carbonyl (C=O) groups is 1. The first-order valence-corrected chi connectivity index (χ1v) is 13.4. The van der Waals surface area contributed by atoms with Crippen molar-refractivity contribution in [2.24, 2.45) is 0 Å². The fourth-order valence-corrected chi connectivity index (χ4v) is 5.66. The predicted octanol–water partition coefficient (Wildman–Crippen LogP) is 6.04. The molecule has 3 heterocycles. The van der Waals surface area contributed by atoms with Crippen LogP contribution in [0.15, 0.2) is 85.2 Å². The molecule has 4 aromatic rings. The lowest BCUT2D eigenvalue weighted by Crippen LogP contribution is -2.29. The van der Waals surface area contributed by atoms with Crippen LogP contribution in [0.1, 0.15) is 51.7 Å². The molecule has 0 aliphatic carbocycles. The van der Waals surface area contributed by atoms with E-state index in [1.807, 2.05) is 24.3 Å². The molecule has 1 unspecified atom stereocenters. The van der Waals surface area contributed by atoms with Crippen LogP contribution in [0.4, 0.5) is 0 Å². The second-order valence-electron chi connectivity index (χ2n) is 9.36. The number of para-hydroxylation sites is 1. The van der Waals surface area contributed by atoms with Crippen molar-refractivity contribution in [3.8, 4) is 16.2 Å². The predicted molar refractivity (Wildman–Crippen MR) is 148 cm³/mol. The van der Waals surface area contributed by atoms with Crippen molar-refractivity contribution < 1.29 is 9.90 Å². The number of pyridine rings is 1. The Kier molecular flexibility index (Phi) is 7.73. The van der Waals surface area contributed by atoms with E-state index in [0.29, 0.717) is 21.7 Å². The maximum atomic E-state index is 13.3. The summed E-state index contributed by atoms with van der Waals surface area (Å²) in [6.45, 7) is 3.27. The average molecular weight is 511 g/mol. The van der Waals surface area contributed by atoms with Crippen LogP contribution in [-0.4, -0.2) is 39.7 Å². The normalized spacial score (nSPS) is 14.4. The van der Waals surface area contributed by atoms with Gasteiger partial charge in [-0.05, 0) is 67.4 Å². The number of aromatic nitrogens is 1. The smallest absolute Gasteiger partial charge is 0.261 e. The van der Waals surface area contributed by atoms with Gasteiger partial charge in [0.25, 0.3) is 5.91 Å². The Balaban J connectivity index is 1.33. The number of carbonyl (C=O) groups excluding carboxylic acids is 1. The summed E-state index contributed by atoms with van der Waals surface area (Å²) in [5.41, 5.74) is 3.99. The van der Waals surface area contributed by atoms with Gasteiger partial charge in [0.05, 0.1) is 10.9 Å². The van der Waals surface area contributed by atoms with E-state index in [2.05, 4.69) is 39.5 Å². The minimum atomic E-state index is -0.559. The van der Waals surface area contributed by atoms with Crippen LogP contribution >= 0.6 is 11.3 Å². The van der Waals surface area contributed by atoms with Crippen molar-refractivity contribution in [1.82, 2.24) is 15.2 Å². The van der Waals surface area contributed by atoms with Gasteiger partial charge in [-0.3, -0.25) is 14.7 Å². The Bertz CT molecular complexity index is 1380. The molecule has 7 heteroatoms. The van der Waals surface area contributed by atoms with E-state index < -0.39 is 6.04 Å². The van der Waals surface area contributed by atoms with E-state index in [9.17, 15) is 9.90 Å². The highest BCUT2D eigenvalue weighted by molar-refractivity contribution is 7.17. The molecule has 1 amide bonds. The van der Waals surface area contributed by atoms with Crippen molar-refractivity contribution in [1.29, 1.82) is 5.41 Å². The molecule has 1 aliphatic rings. The highest BCUT2D eigenvalue weighted by Crippen LogP contribution is 2.31. The number of likely N-dealkylation sites (tertiary alicyclic amines) is 1. The Labute approximate surface area is 221 Å². The van der Waals surface area contributed by atoms with E-state index >= 15 is 0 Å². The van der Waals surface area contributed by atoms with Gasteiger partial charge in [0.1, 0.15) is 5.75 Å². The molecular weight excluding hydrogens is 480 g/mol. The lowest BCUT2D eigenvalue weighted by atomic mass is 9.97. The zero-order chi connectivity index (χ0) is 25.6. The summed E-state index contributed by atoms with van der Waals surface area (Å²) in [7, 11) is 0. The molecule has 1 saturated heterocycles. The van der Waals surface area contributed by atoms with Crippen LogP contribution in [0.5, 0.6) is 5.75 Å². The summed E-state index contributed by atoms with van der Waals surface area (Å²) in [6, 6.07) is 22.4. The monoisotopic (exact) mass is 510 g/mol. The highest BCUT2D eigenvalue weighted by Gasteiger charge is 2.22. The first kappa shape index (κ1) is 24.9. The molecule has 0 spiro atoms. The van der Waals surface area contributed by atoms with E-state index in [4.69, 9.17) is 5.41 Å². The fraction of sp³-hybridized carbons (Fsp3) is 0.233. The molecule has 0 radical (unpaired) electrons. The Morgan fingerprint density at radius 1 is 1.05 bits per heavy atom. The SMILES string of the molecule is N=C(CC(NC(=O)c1ccc(-c2cccc(CN3CCCC3)c2)s1)c1ccccc1O)c1cccnc1. The number of benzene rings is 2. The van der Waals surface area contributed by atoms with Gasteiger partial charge in [0.15, 0.2) is 0 Å². The Morgan fingerprint density at radius 2 is 1.89 bits per heavy atom. The van der Waals surface area contributed by atoms with Crippen LogP contribution in [0, 0.1) is 5.41 Å². The molecule has 0 saturated carbocycles. The van der Waals surface area contributed by atoms with Crippen molar-refractivity contribution >= 4 is 23.0 Å². The van der Waals surface area contributed by atoms with Crippen LogP contribution in [0.2, 0.25) is 0 Å². The summed E-state index contributed by atoms with van der Waals surface area (Å²) in [6.07, 6.45) is 6.07. The number of aromatic hydroxyl groups is 1. The minimum Gasteiger partial charge on any atom is -0.508 e. The summed E-state index contributed by atoms with van der Waals surface area (Å²) < 4.78 is 0. The molecule has 2 aromatic heterocycles. The van der Waals surface area contributed by atoms with Crippen LogP contribution in [0.3, 0.4) is 0 Å². The number of thiophene rings is 1. The summed E-state index contributed by atoms with van der Waals surface area (Å²) >= 11 is 1.45. The lowest BCUT2D eigenvalue weighted by molar-refractivity contribution is 0.0941. The van der Waals surface area contributed by atoms with E-state index in [1.54, 1.807) is 36.7 Å². The summed E-state index contributed by atoms with van der Waals surface area (Å²) in [5.74, 6) is -0.134. The number of nitrogens with one attached hydrogen (secondary N) is 2. The largest absolute Gasteiger partial charge is 0.508 e. The molecule has 3 N–H and O–H groups in total. The average Bonchev–Trinajstić information content (AvgIpc) is 3.62. The Morgan fingerprint density at radius 3 is 2.68 bits per heavy atom. The minimum absolute atomic E-state index is 0.0912. The lowest BCUT2D eigenvalue weighted by Gasteiger charge is -2.20. The maximum Gasteiger partial charge on any atom is 0.261 e. The van der Waals surface area contributed by atoms with Gasteiger partial charge >= 0.3 is 0 Å². The van der Waals surface area contributed by atoms with Gasteiger partial charge in [-0.1, -0.05) is 42.5 Å². The zero-order valence-corrected chi connectivity index (χ0v) is 21.4. The number of amides is 1. The third-order valence-electron chi connectivity index (χ3n) is 6.68. The van der Waals surface area contributed by atoms with Crippen LogP contribution < -0.4 is 5.32 Å². The van der Waals surface area contributed by atoms with Gasteiger partial charge < -0.3 is 15.8 Å². The standard InChI is InChI=1S/C30H30N4O2S/c31-25(23-9-6-14-32-19-23)18-26(24-10-1-2-11-27(24)35)33-30(36)29-13-12-28(37-29)22-8-5-7-21(17-22)20-34-15-3-4-16-34/h1-2,5-14,17,19,26,31,35H,3-4,15-16,18,20H2,(H,33,36). The first-order valence-electron chi connectivity index (χ1n) is 12.5. The third kappa shape index (κ3) is 6.13. The fourth-order valence-electron chi connectivity index (χ4n) is 4.75. The molecule has 0 bridgehead atoms. The van der Waals surface area contributed by atoms with Crippen molar-refractivity contribution in [2.75, 3.05) is 13.1 Å². The van der Waals surface area contributed by atoms with E-state index in [-0.39, 0.29) is 18.1 Å². The van der Waals surface area contributed by atoms with Crippen LogP contribution in [0.25, 0.3) is 10.4 Å². The van der Waals surface area contributed by atoms with E-state index in [0.717, 1.165) is 30.1 Å². The molecule has 5 rings (SSSR count). The molecule has 37 heavy (non-hydrogen) atoms. The van der Waals surface area contributed by atoms with Gasteiger partial charge in [-0.2, -0.15) is 0 Å². The number of rotatable bonds is 9. The van der Waals surface area contributed by atoms with Gasteiger partial charge in [-0.25, -0.2) is 0 Å². The number of phenolic OH excluding ortho intramolecular Hbond substituents is 1. The van der Waals surface area contributed by atoms with Crippen LogP contribution in [-0.2, 0) is 6.54 Å². The molecule has 2 aromatic carbocycles. The van der Waals surface area contributed by atoms with Gasteiger partial charge in [0, 0.05) is 47.1 Å². The summed E-state index contributed by atoms with van der Waals surface area (Å²) in [4.78, 5) is 21.5. The molecule has 1 atom stereocenters. The topological polar surface area (TPSA) is 89.3 Å². The molecule has 1 fully saturated rings. The molecule has 188 valence electrons. The summed E-state index contributed by atoms with van der Waals surface area (Å²) in [5, 5.41) is 22.1. The quantitative estimate of drug-likeness (QED) is 0.240. The highest BCUT2D eigenvalue weighted by atomic mass is 32.1. The van der Waals surface area contributed by atoms with Gasteiger partial charge in [0.2, 0.25) is 0 Å². The number of phenols is 1. The second-order valence-corrected chi connectivity index (χ2v) is 10.4. The molecular formula is C30H30N4O2S. The zero-order valence-electron chi connectivity index (χ0n) is 20.6. The van der Waals surface area contributed by atoms with Crippen molar-refractivity contribution in [3.63, 3.8) is 0 Å². The van der Waals surface area contributed by atoms with Crippen molar-refractivity contribution in [3.05, 3.63) is 107 Å². The second kappa shape index (κ2) is 11.5. The maximum absolute atomic E-state index is 13.3. The number of hydrogen-bond acceptors (Lipinski definition) is 6. The third-order valence-corrected chi connectivity index (χ3v) is 7.81.